The van der Waals surface area contributed by atoms with Crippen molar-refractivity contribution in [3.63, 3.8) is 0 Å². The predicted molar refractivity (Wildman–Crippen MR) is 52.8 cm³/mol. The van der Waals surface area contributed by atoms with Gasteiger partial charge in [0.05, 0.1) is 0 Å². The lowest BCUT2D eigenvalue weighted by molar-refractivity contribution is -0.130. The molecule has 0 aliphatic carbocycles. The van der Waals surface area contributed by atoms with Crippen molar-refractivity contribution in [3.05, 3.63) is 0 Å². The van der Waals surface area contributed by atoms with Gasteiger partial charge in [-0.05, 0) is 13.8 Å². The Hall–Kier alpha value is -1.10. The van der Waals surface area contributed by atoms with E-state index >= 15 is 0 Å². The highest BCUT2D eigenvalue weighted by atomic mass is 16.5. The predicted octanol–water partition coefficient (Wildman–Crippen LogP) is -0.336. The van der Waals surface area contributed by atoms with Crippen LogP contribution in [0, 0.1) is 0 Å². The van der Waals surface area contributed by atoms with Crippen LogP contribution in [0.15, 0.2) is 0 Å². The summed E-state index contributed by atoms with van der Waals surface area (Å²) in [5, 5.41) is 5.24. The quantitative estimate of drug-likeness (QED) is 0.619. The molecule has 5 heteroatoms. The SMILES string of the molecule is CCNC(=O)CCNC(=O)C(C)OC. The molecule has 0 bridgehead atoms. The van der Waals surface area contributed by atoms with Gasteiger partial charge in [0.1, 0.15) is 6.10 Å². The van der Waals surface area contributed by atoms with E-state index in [0.717, 1.165) is 0 Å². The second-order valence-electron chi connectivity index (χ2n) is 2.87. The highest BCUT2D eigenvalue weighted by Gasteiger charge is 2.10. The number of rotatable bonds is 6. The fourth-order valence-corrected chi connectivity index (χ4v) is 0.836. The third kappa shape index (κ3) is 5.53. The maximum Gasteiger partial charge on any atom is 0.248 e. The van der Waals surface area contributed by atoms with Crippen molar-refractivity contribution in [1.29, 1.82) is 0 Å². The van der Waals surface area contributed by atoms with Crippen LogP contribution in [0.5, 0.6) is 0 Å². The van der Waals surface area contributed by atoms with Crippen molar-refractivity contribution in [2.45, 2.75) is 26.4 Å². The molecule has 0 aromatic heterocycles. The zero-order valence-electron chi connectivity index (χ0n) is 8.92. The maximum absolute atomic E-state index is 11.1. The maximum atomic E-state index is 11.1. The van der Waals surface area contributed by atoms with E-state index in [2.05, 4.69) is 10.6 Å². The minimum Gasteiger partial charge on any atom is -0.372 e. The van der Waals surface area contributed by atoms with E-state index in [-0.39, 0.29) is 11.8 Å². The standard InChI is InChI=1S/C9H18N2O3/c1-4-10-8(12)5-6-11-9(13)7(2)14-3/h7H,4-6H2,1-3H3,(H,10,12)(H,11,13). The van der Waals surface area contributed by atoms with E-state index in [0.29, 0.717) is 19.5 Å². The molecular weight excluding hydrogens is 184 g/mol. The minimum absolute atomic E-state index is 0.0575. The average Bonchev–Trinajstić information content (AvgIpc) is 2.16. The number of amides is 2. The summed E-state index contributed by atoms with van der Waals surface area (Å²) >= 11 is 0. The first kappa shape index (κ1) is 12.9. The lowest BCUT2D eigenvalue weighted by atomic mass is 10.3. The largest absolute Gasteiger partial charge is 0.372 e. The van der Waals surface area contributed by atoms with Crippen molar-refractivity contribution in [3.8, 4) is 0 Å². The van der Waals surface area contributed by atoms with Crippen molar-refractivity contribution < 1.29 is 14.3 Å². The summed E-state index contributed by atoms with van der Waals surface area (Å²) in [6.07, 6.45) is -0.167. The molecule has 0 aromatic rings. The van der Waals surface area contributed by atoms with E-state index in [1.807, 2.05) is 6.92 Å². The molecule has 0 heterocycles. The van der Waals surface area contributed by atoms with Gasteiger partial charge < -0.3 is 15.4 Å². The molecule has 0 aliphatic rings. The van der Waals surface area contributed by atoms with Gasteiger partial charge in [-0.15, -0.1) is 0 Å². The number of carbonyl (C=O) groups is 2. The summed E-state index contributed by atoms with van der Waals surface area (Å²) in [6.45, 7) is 4.46. The normalized spacial score (nSPS) is 11.9. The second kappa shape index (κ2) is 7.32. The van der Waals surface area contributed by atoms with Crippen LogP contribution in [0.1, 0.15) is 20.3 Å². The highest BCUT2D eigenvalue weighted by Crippen LogP contribution is 1.87. The van der Waals surface area contributed by atoms with Gasteiger partial charge in [-0.1, -0.05) is 0 Å². The number of methoxy groups -OCH3 is 1. The molecule has 0 saturated carbocycles. The molecule has 0 aliphatic heterocycles. The van der Waals surface area contributed by atoms with E-state index in [4.69, 9.17) is 4.74 Å². The molecule has 0 aromatic carbocycles. The van der Waals surface area contributed by atoms with Gasteiger partial charge >= 0.3 is 0 Å². The Morgan fingerprint density at radius 2 is 2.00 bits per heavy atom. The summed E-state index contributed by atoms with van der Waals surface area (Å²) in [6, 6.07) is 0. The first-order valence-electron chi connectivity index (χ1n) is 4.69. The number of hydrogen-bond donors (Lipinski definition) is 2. The summed E-state index contributed by atoms with van der Waals surface area (Å²) in [4.78, 5) is 22.1. The lowest BCUT2D eigenvalue weighted by Gasteiger charge is -2.09. The van der Waals surface area contributed by atoms with Crippen LogP contribution in [0.3, 0.4) is 0 Å². The minimum atomic E-state index is -0.468. The zero-order valence-corrected chi connectivity index (χ0v) is 8.92. The molecule has 0 spiro atoms. The fraction of sp³-hybridized carbons (Fsp3) is 0.778. The molecule has 0 fully saturated rings. The van der Waals surface area contributed by atoms with Crippen LogP contribution >= 0.6 is 0 Å². The number of hydrogen-bond acceptors (Lipinski definition) is 3. The van der Waals surface area contributed by atoms with Crippen LogP contribution in [0.25, 0.3) is 0 Å². The zero-order chi connectivity index (χ0) is 11.0. The summed E-state index contributed by atoms with van der Waals surface area (Å²) in [5.41, 5.74) is 0. The van der Waals surface area contributed by atoms with Crippen molar-refractivity contribution in [2.75, 3.05) is 20.2 Å². The molecule has 1 unspecified atom stereocenters. The summed E-state index contributed by atoms with van der Waals surface area (Å²) in [7, 11) is 1.47. The smallest absolute Gasteiger partial charge is 0.248 e. The molecule has 0 saturated heterocycles. The van der Waals surface area contributed by atoms with Gasteiger partial charge in [-0.3, -0.25) is 9.59 Å². The summed E-state index contributed by atoms with van der Waals surface area (Å²) in [5.74, 6) is -0.255. The first-order chi connectivity index (χ1) is 6.61. The van der Waals surface area contributed by atoms with Crippen molar-refractivity contribution in [1.82, 2.24) is 10.6 Å². The third-order valence-electron chi connectivity index (χ3n) is 1.75. The second-order valence-corrected chi connectivity index (χ2v) is 2.87. The van der Waals surface area contributed by atoms with E-state index in [1.54, 1.807) is 6.92 Å². The summed E-state index contributed by atoms with van der Waals surface area (Å²) < 4.78 is 4.80. The van der Waals surface area contributed by atoms with Gasteiger partial charge in [0.25, 0.3) is 0 Å². The van der Waals surface area contributed by atoms with Gasteiger partial charge in [0.2, 0.25) is 11.8 Å². The fourth-order valence-electron chi connectivity index (χ4n) is 0.836. The Labute approximate surface area is 84.2 Å². The number of carbonyl (C=O) groups excluding carboxylic acids is 2. The van der Waals surface area contributed by atoms with Crippen LogP contribution in [0.2, 0.25) is 0 Å². The molecule has 82 valence electrons. The molecule has 1 atom stereocenters. The van der Waals surface area contributed by atoms with Crippen LogP contribution in [0.4, 0.5) is 0 Å². The first-order valence-corrected chi connectivity index (χ1v) is 4.69. The Morgan fingerprint density at radius 1 is 1.36 bits per heavy atom. The Kier molecular flexibility index (Phi) is 6.74. The Morgan fingerprint density at radius 3 is 2.50 bits per heavy atom. The molecule has 2 amide bonds. The number of nitrogens with one attached hydrogen (secondary N) is 2. The average molecular weight is 202 g/mol. The molecule has 5 nitrogen and oxygen atoms in total. The molecule has 14 heavy (non-hydrogen) atoms. The lowest BCUT2D eigenvalue weighted by Crippen LogP contribution is -2.36. The molecular formula is C9H18N2O3. The van der Waals surface area contributed by atoms with Crippen molar-refractivity contribution in [2.24, 2.45) is 0 Å². The monoisotopic (exact) mass is 202 g/mol. The van der Waals surface area contributed by atoms with Crippen LogP contribution < -0.4 is 10.6 Å². The van der Waals surface area contributed by atoms with Gasteiger partial charge in [0, 0.05) is 26.6 Å². The van der Waals surface area contributed by atoms with Crippen molar-refractivity contribution >= 4 is 11.8 Å². The Bertz CT molecular complexity index is 194. The van der Waals surface area contributed by atoms with Crippen LogP contribution in [-0.2, 0) is 14.3 Å². The highest BCUT2D eigenvalue weighted by molar-refractivity contribution is 5.81. The van der Waals surface area contributed by atoms with Gasteiger partial charge in [-0.2, -0.15) is 0 Å². The van der Waals surface area contributed by atoms with E-state index in [1.165, 1.54) is 7.11 Å². The van der Waals surface area contributed by atoms with Gasteiger partial charge in [-0.25, -0.2) is 0 Å². The topological polar surface area (TPSA) is 67.4 Å². The van der Waals surface area contributed by atoms with E-state index < -0.39 is 6.10 Å². The van der Waals surface area contributed by atoms with Gasteiger partial charge in [0.15, 0.2) is 0 Å². The number of ether oxygens (including phenoxy) is 1. The molecule has 0 rings (SSSR count). The molecule has 2 N–H and O–H groups in total. The van der Waals surface area contributed by atoms with Crippen LogP contribution in [-0.4, -0.2) is 38.1 Å². The third-order valence-corrected chi connectivity index (χ3v) is 1.75. The molecule has 0 radical (unpaired) electrons. The Balaban J connectivity index is 3.54. The van der Waals surface area contributed by atoms with E-state index in [9.17, 15) is 9.59 Å².